The summed E-state index contributed by atoms with van der Waals surface area (Å²) in [6, 6.07) is 14.6. The predicted octanol–water partition coefficient (Wildman–Crippen LogP) is 4.41. The van der Waals surface area contributed by atoms with E-state index in [2.05, 4.69) is 11.5 Å². The molecule has 0 spiro atoms. The summed E-state index contributed by atoms with van der Waals surface area (Å²) in [6.07, 6.45) is 1.39. The van der Waals surface area contributed by atoms with Gasteiger partial charge in [0.2, 0.25) is 5.91 Å². The van der Waals surface area contributed by atoms with Crippen LogP contribution in [0.2, 0.25) is 5.02 Å². The van der Waals surface area contributed by atoms with Gasteiger partial charge in [-0.05, 0) is 43.2 Å². The van der Waals surface area contributed by atoms with Gasteiger partial charge in [-0.25, -0.2) is 13.4 Å². The molecule has 1 saturated heterocycles. The van der Waals surface area contributed by atoms with Crippen LogP contribution < -0.4 is 4.90 Å². The summed E-state index contributed by atoms with van der Waals surface area (Å²) in [6.45, 7) is 2.89. The SMILES string of the molecule is CCCn1c(SCC(=O)N(c2ccccc2)C2CCS(=O)(=O)C2)nc2cc(Cl)ccc21. The molecule has 1 atom stereocenters. The number of imidazole rings is 1. The largest absolute Gasteiger partial charge is 0.319 e. The van der Waals surface area contributed by atoms with E-state index >= 15 is 0 Å². The van der Waals surface area contributed by atoms with Crippen molar-refractivity contribution in [3.8, 4) is 0 Å². The molecule has 3 aromatic rings. The zero-order valence-corrected chi connectivity index (χ0v) is 19.6. The average Bonchev–Trinajstić information content (AvgIpc) is 3.27. The van der Waals surface area contributed by atoms with Crippen LogP contribution in [0.5, 0.6) is 0 Å². The Balaban J connectivity index is 1.59. The highest BCUT2D eigenvalue weighted by molar-refractivity contribution is 7.99. The molecule has 1 unspecified atom stereocenters. The number of rotatable bonds is 7. The number of hydrogen-bond acceptors (Lipinski definition) is 5. The van der Waals surface area contributed by atoms with Gasteiger partial charge in [-0.1, -0.05) is 48.5 Å². The van der Waals surface area contributed by atoms with Crippen molar-refractivity contribution in [3.63, 3.8) is 0 Å². The molecule has 2 heterocycles. The van der Waals surface area contributed by atoms with Crippen LogP contribution in [-0.4, -0.2) is 47.2 Å². The molecule has 1 aromatic heterocycles. The Morgan fingerprint density at radius 2 is 2.03 bits per heavy atom. The van der Waals surface area contributed by atoms with E-state index in [0.717, 1.165) is 34.8 Å². The van der Waals surface area contributed by atoms with Gasteiger partial charge in [-0.15, -0.1) is 0 Å². The highest BCUT2D eigenvalue weighted by atomic mass is 35.5. The Morgan fingerprint density at radius 3 is 2.71 bits per heavy atom. The van der Waals surface area contributed by atoms with Gasteiger partial charge in [0.15, 0.2) is 15.0 Å². The maximum absolute atomic E-state index is 13.3. The zero-order valence-electron chi connectivity index (χ0n) is 17.2. The minimum atomic E-state index is -3.11. The van der Waals surface area contributed by atoms with Gasteiger partial charge in [0, 0.05) is 17.3 Å². The van der Waals surface area contributed by atoms with Crippen LogP contribution in [0.25, 0.3) is 11.0 Å². The lowest BCUT2D eigenvalue weighted by Crippen LogP contribution is -2.42. The Kier molecular flexibility index (Phi) is 6.60. The van der Waals surface area contributed by atoms with E-state index in [1.54, 1.807) is 4.90 Å². The van der Waals surface area contributed by atoms with Crippen LogP contribution in [0.1, 0.15) is 19.8 Å². The summed E-state index contributed by atoms with van der Waals surface area (Å²) >= 11 is 7.50. The van der Waals surface area contributed by atoms with Crippen LogP contribution >= 0.6 is 23.4 Å². The fraction of sp³-hybridized carbons (Fsp3) is 0.364. The number of hydrogen-bond donors (Lipinski definition) is 0. The average molecular weight is 478 g/mol. The van der Waals surface area contributed by atoms with Gasteiger partial charge in [0.1, 0.15) is 0 Å². The van der Waals surface area contributed by atoms with Gasteiger partial charge in [0.25, 0.3) is 0 Å². The lowest BCUT2D eigenvalue weighted by atomic mass is 10.2. The highest BCUT2D eigenvalue weighted by Gasteiger charge is 2.35. The quantitative estimate of drug-likeness (QED) is 0.471. The number of sulfone groups is 1. The van der Waals surface area contributed by atoms with E-state index in [-0.39, 0.29) is 29.2 Å². The summed E-state index contributed by atoms with van der Waals surface area (Å²) < 4.78 is 26.2. The van der Waals surface area contributed by atoms with E-state index in [0.29, 0.717) is 11.4 Å². The first kappa shape index (κ1) is 22.2. The molecule has 31 heavy (non-hydrogen) atoms. The number of amides is 1. The molecule has 164 valence electrons. The number of benzene rings is 2. The molecule has 1 aliphatic heterocycles. The van der Waals surface area contributed by atoms with E-state index in [1.165, 1.54) is 11.8 Å². The number of carbonyl (C=O) groups excluding carboxylic acids is 1. The Morgan fingerprint density at radius 1 is 1.26 bits per heavy atom. The molecule has 0 N–H and O–H groups in total. The first-order chi connectivity index (χ1) is 14.9. The van der Waals surface area contributed by atoms with Crippen LogP contribution in [0, 0.1) is 0 Å². The van der Waals surface area contributed by atoms with E-state index in [1.807, 2.05) is 48.5 Å². The predicted molar refractivity (Wildman–Crippen MR) is 127 cm³/mol. The molecule has 2 aromatic carbocycles. The molecule has 1 fully saturated rings. The third kappa shape index (κ3) is 4.91. The van der Waals surface area contributed by atoms with Crippen molar-refractivity contribution in [1.29, 1.82) is 0 Å². The molecule has 0 saturated carbocycles. The number of carbonyl (C=O) groups is 1. The molecule has 0 aliphatic carbocycles. The van der Waals surface area contributed by atoms with Crippen molar-refractivity contribution in [2.75, 3.05) is 22.2 Å². The van der Waals surface area contributed by atoms with Crippen molar-refractivity contribution in [1.82, 2.24) is 9.55 Å². The number of anilines is 1. The van der Waals surface area contributed by atoms with E-state index < -0.39 is 9.84 Å². The molecule has 6 nitrogen and oxygen atoms in total. The van der Waals surface area contributed by atoms with Gasteiger partial charge in [0.05, 0.1) is 34.3 Å². The highest BCUT2D eigenvalue weighted by Crippen LogP contribution is 2.29. The summed E-state index contributed by atoms with van der Waals surface area (Å²) in [7, 11) is -3.11. The first-order valence-electron chi connectivity index (χ1n) is 10.2. The second-order valence-electron chi connectivity index (χ2n) is 7.62. The number of aryl methyl sites for hydroxylation is 1. The monoisotopic (exact) mass is 477 g/mol. The van der Waals surface area contributed by atoms with Crippen molar-refractivity contribution < 1.29 is 13.2 Å². The fourth-order valence-electron chi connectivity index (χ4n) is 3.95. The number of thioether (sulfide) groups is 1. The summed E-state index contributed by atoms with van der Waals surface area (Å²) in [5.41, 5.74) is 2.52. The molecule has 0 radical (unpaired) electrons. The Hall–Kier alpha value is -2.03. The number of halogens is 1. The first-order valence-corrected chi connectivity index (χ1v) is 13.4. The van der Waals surface area contributed by atoms with Crippen molar-refractivity contribution in [2.45, 2.75) is 37.5 Å². The smallest absolute Gasteiger partial charge is 0.237 e. The van der Waals surface area contributed by atoms with Crippen molar-refractivity contribution in [3.05, 3.63) is 53.6 Å². The topological polar surface area (TPSA) is 72.3 Å². The minimum absolute atomic E-state index is 0.00511. The van der Waals surface area contributed by atoms with Crippen LogP contribution in [0.3, 0.4) is 0 Å². The van der Waals surface area contributed by atoms with Gasteiger partial charge >= 0.3 is 0 Å². The Labute approximate surface area is 191 Å². The van der Waals surface area contributed by atoms with Gasteiger partial charge in [-0.2, -0.15) is 0 Å². The molecule has 0 bridgehead atoms. The lowest BCUT2D eigenvalue weighted by Gasteiger charge is -2.28. The molecule has 4 rings (SSSR count). The zero-order chi connectivity index (χ0) is 22.0. The maximum atomic E-state index is 13.3. The summed E-state index contributed by atoms with van der Waals surface area (Å²) in [5.74, 6) is 0.178. The van der Waals surface area contributed by atoms with Crippen LogP contribution in [0.4, 0.5) is 5.69 Å². The third-order valence-electron chi connectivity index (χ3n) is 5.32. The molecular formula is C22H24ClN3O3S2. The minimum Gasteiger partial charge on any atom is -0.319 e. The second kappa shape index (κ2) is 9.22. The maximum Gasteiger partial charge on any atom is 0.237 e. The van der Waals surface area contributed by atoms with Gasteiger partial charge < -0.3 is 9.47 Å². The van der Waals surface area contributed by atoms with E-state index in [4.69, 9.17) is 16.6 Å². The number of fused-ring (bicyclic) bond motifs is 1. The van der Waals surface area contributed by atoms with Gasteiger partial charge in [-0.3, -0.25) is 4.79 Å². The van der Waals surface area contributed by atoms with E-state index in [9.17, 15) is 13.2 Å². The number of aromatic nitrogens is 2. The van der Waals surface area contributed by atoms with Crippen molar-refractivity contribution in [2.24, 2.45) is 0 Å². The standard InChI is InChI=1S/C22H24ClN3O3S2/c1-2-11-25-20-9-8-16(23)13-19(20)24-22(25)30-14-21(27)26(17-6-4-3-5-7-17)18-10-12-31(28,29)15-18/h3-9,13,18H,2,10-12,14-15H2,1H3. The lowest BCUT2D eigenvalue weighted by molar-refractivity contribution is -0.116. The van der Waals surface area contributed by atoms with Crippen LogP contribution in [0.15, 0.2) is 53.7 Å². The second-order valence-corrected chi connectivity index (χ2v) is 11.2. The molecule has 1 aliphatic rings. The number of para-hydroxylation sites is 1. The molecular weight excluding hydrogens is 454 g/mol. The summed E-state index contributed by atoms with van der Waals surface area (Å²) in [4.78, 5) is 19.7. The third-order valence-corrected chi connectivity index (χ3v) is 8.27. The van der Waals surface area contributed by atoms with Crippen molar-refractivity contribution >= 4 is 55.8 Å². The molecule has 1 amide bonds. The fourth-order valence-corrected chi connectivity index (χ4v) is 6.72. The molecule has 9 heteroatoms. The normalized spacial score (nSPS) is 17.8. The number of nitrogens with zero attached hydrogens (tertiary/aromatic N) is 3. The summed E-state index contributed by atoms with van der Waals surface area (Å²) in [5, 5.41) is 1.39. The Bertz CT molecular complexity index is 1200. The van der Waals surface area contributed by atoms with Crippen LogP contribution in [-0.2, 0) is 21.2 Å².